The number of hydrogen-bond donors (Lipinski definition) is 1. The van der Waals surface area contributed by atoms with Crippen LogP contribution in [0.4, 0.5) is 0 Å². The largest absolute Gasteiger partial charge is 0.359 e. The van der Waals surface area contributed by atoms with Gasteiger partial charge in [-0.25, -0.2) is 0 Å². The third kappa shape index (κ3) is 4.86. The molecule has 0 spiro atoms. The van der Waals surface area contributed by atoms with Gasteiger partial charge in [0.25, 0.3) is 0 Å². The highest BCUT2D eigenvalue weighted by Gasteiger charge is 2.32. The molecule has 2 aliphatic rings. The quantitative estimate of drug-likeness (QED) is 0.842. The molecule has 3 heterocycles. The van der Waals surface area contributed by atoms with Crippen molar-refractivity contribution in [3.63, 3.8) is 0 Å². The lowest BCUT2D eigenvalue weighted by Crippen LogP contribution is -2.51. The first-order valence-electron chi connectivity index (χ1n) is 10.3. The van der Waals surface area contributed by atoms with E-state index in [-0.39, 0.29) is 11.8 Å². The predicted molar refractivity (Wildman–Crippen MR) is 102 cm³/mol. The second-order valence-corrected chi connectivity index (χ2v) is 8.05. The third-order valence-electron chi connectivity index (χ3n) is 5.98. The van der Waals surface area contributed by atoms with Crippen molar-refractivity contribution >= 4 is 5.91 Å². The van der Waals surface area contributed by atoms with E-state index in [1.807, 2.05) is 13.0 Å². The average molecular weight is 363 g/mol. The molecule has 1 atom stereocenters. The van der Waals surface area contributed by atoms with E-state index in [0.29, 0.717) is 18.6 Å². The van der Waals surface area contributed by atoms with Crippen molar-refractivity contribution < 1.29 is 9.32 Å². The normalized spacial score (nSPS) is 23.5. The lowest BCUT2D eigenvalue weighted by Gasteiger charge is -2.43. The van der Waals surface area contributed by atoms with Gasteiger partial charge in [0.15, 0.2) is 5.76 Å². The zero-order valence-electron chi connectivity index (χ0n) is 16.5. The van der Waals surface area contributed by atoms with Crippen LogP contribution in [0, 0.1) is 5.92 Å². The Labute approximate surface area is 157 Å². The Bertz CT molecular complexity index is 578. The Morgan fingerprint density at radius 3 is 2.73 bits per heavy atom. The van der Waals surface area contributed by atoms with Gasteiger partial charge < -0.3 is 14.7 Å². The summed E-state index contributed by atoms with van der Waals surface area (Å²) in [5.74, 6) is 0.994. The van der Waals surface area contributed by atoms with Crippen LogP contribution in [0.5, 0.6) is 0 Å². The van der Waals surface area contributed by atoms with Gasteiger partial charge >= 0.3 is 0 Å². The van der Waals surface area contributed by atoms with Crippen molar-refractivity contribution in [1.29, 1.82) is 0 Å². The number of aromatic nitrogens is 1. The van der Waals surface area contributed by atoms with E-state index < -0.39 is 0 Å². The second kappa shape index (κ2) is 9.00. The number of carbonyl (C=O) groups excluding carboxylic acids is 1. The molecule has 6 nitrogen and oxygen atoms in total. The van der Waals surface area contributed by atoms with Crippen molar-refractivity contribution in [3.05, 3.63) is 17.5 Å². The standard InChI is InChI=1S/C20H34N4O2/c1-4-17-12-19(26-22-17)13-21-20(25)16-6-5-9-24(14-16)18-7-10-23(11-8-18)15(2)3/h12,15-16,18H,4-11,13-14H2,1-3H3,(H,21,25). The number of amides is 1. The van der Waals surface area contributed by atoms with Crippen LogP contribution in [0.2, 0.25) is 0 Å². The number of hydrogen-bond acceptors (Lipinski definition) is 5. The molecule has 1 amide bonds. The highest BCUT2D eigenvalue weighted by atomic mass is 16.5. The van der Waals surface area contributed by atoms with Crippen LogP contribution < -0.4 is 5.32 Å². The number of nitrogens with one attached hydrogen (secondary N) is 1. The van der Waals surface area contributed by atoms with Crippen molar-refractivity contribution in [2.24, 2.45) is 5.92 Å². The summed E-state index contributed by atoms with van der Waals surface area (Å²) in [4.78, 5) is 17.7. The molecule has 0 bridgehead atoms. The molecule has 146 valence electrons. The Balaban J connectivity index is 1.46. The smallest absolute Gasteiger partial charge is 0.224 e. The fourth-order valence-electron chi connectivity index (χ4n) is 4.24. The molecule has 26 heavy (non-hydrogen) atoms. The Morgan fingerprint density at radius 2 is 2.08 bits per heavy atom. The first-order valence-corrected chi connectivity index (χ1v) is 10.3. The number of piperidine rings is 2. The maximum absolute atomic E-state index is 12.6. The lowest BCUT2D eigenvalue weighted by molar-refractivity contribution is -0.127. The molecular formula is C20H34N4O2. The Hall–Kier alpha value is -1.40. The minimum absolute atomic E-state index is 0.0976. The zero-order chi connectivity index (χ0) is 18.5. The van der Waals surface area contributed by atoms with E-state index in [9.17, 15) is 4.79 Å². The summed E-state index contributed by atoms with van der Waals surface area (Å²) in [5.41, 5.74) is 0.936. The van der Waals surface area contributed by atoms with Crippen molar-refractivity contribution in [2.75, 3.05) is 26.2 Å². The van der Waals surface area contributed by atoms with E-state index in [4.69, 9.17) is 4.52 Å². The zero-order valence-corrected chi connectivity index (χ0v) is 16.5. The molecule has 2 fully saturated rings. The van der Waals surface area contributed by atoms with E-state index in [0.717, 1.165) is 43.8 Å². The molecule has 2 saturated heterocycles. The molecule has 1 aromatic rings. The Kier molecular flexibility index (Phi) is 6.70. The summed E-state index contributed by atoms with van der Waals surface area (Å²) < 4.78 is 5.26. The summed E-state index contributed by atoms with van der Waals surface area (Å²) in [7, 11) is 0. The highest BCUT2D eigenvalue weighted by molar-refractivity contribution is 5.78. The van der Waals surface area contributed by atoms with Gasteiger partial charge in [-0.3, -0.25) is 9.69 Å². The molecule has 1 aromatic heterocycles. The monoisotopic (exact) mass is 362 g/mol. The minimum atomic E-state index is 0.0976. The lowest BCUT2D eigenvalue weighted by atomic mass is 9.93. The van der Waals surface area contributed by atoms with E-state index in [1.165, 1.54) is 25.9 Å². The number of carbonyl (C=O) groups is 1. The van der Waals surface area contributed by atoms with Crippen LogP contribution in [0.3, 0.4) is 0 Å². The minimum Gasteiger partial charge on any atom is -0.359 e. The number of rotatable bonds is 6. The van der Waals surface area contributed by atoms with Gasteiger partial charge in [-0.15, -0.1) is 0 Å². The molecule has 3 rings (SSSR count). The molecule has 6 heteroatoms. The number of likely N-dealkylation sites (tertiary alicyclic amines) is 2. The summed E-state index contributed by atoms with van der Waals surface area (Å²) in [6.45, 7) is 11.4. The van der Waals surface area contributed by atoms with Crippen molar-refractivity contribution in [1.82, 2.24) is 20.3 Å². The van der Waals surface area contributed by atoms with Crippen LogP contribution in [0.25, 0.3) is 0 Å². The molecule has 2 aliphatic heterocycles. The first-order chi connectivity index (χ1) is 12.6. The molecular weight excluding hydrogens is 328 g/mol. The molecule has 0 radical (unpaired) electrons. The van der Waals surface area contributed by atoms with Crippen molar-refractivity contribution in [3.8, 4) is 0 Å². The topological polar surface area (TPSA) is 61.6 Å². The SMILES string of the molecule is CCc1cc(CNC(=O)C2CCCN(C3CCN(C(C)C)CC3)C2)on1. The highest BCUT2D eigenvalue weighted by Crippen LogP contribution is 2.24. The average Bonchev–Trinajstić information content (AvgIpc) is 3.14. The molecule has 0 saturated carbocycles. The van der Waals surface area contributed by atoms with Crippen LogP contribution in [-0.2, 0) is 17.8 Å². The van der Waals surface area contributed by atoms with Gasteiger partial charge in [0.05, 0.1) is 18.2 Å². The van der Waals surface area contributed by atoms with Gasteiger partial charge in [-0.1, -0.05) is 12.1 Å². The van der Waals surface area contributed by atoms with Crippen LogP contribution in [0.1, 0.15) is 57.9 Å². The van der Waals surface area contributed by atoms with Gasteiger partial charge in [0.2, 0.25) is 5.91 Å². The van der Waals surface area contributed by atoms with Gasteiger partial charge in [0.1, 0.15) is 0 Å². The van der Waals surface area contributed by atoms with Gasteiger partial charge in [-0.05, 0) is 65.6 Å². The predicted octanol–water partition coefficient (Wildman–Crippen LogP) is 2.44. The van der Waals surface area contributed by atoms with Crippen LogP contribution in [0.15, 0.2) is 10.6 Å². The third-order valence-corrected chi connectivity index (χ3v) is 5.98. The molecule has 0 aromatic carbocycles. The van der Waals surface area contributed by atoms with E-state index in [2.05, 4.69) is 34.1 Å². The van der Waals surface area contributed by atoms with Gasteiger partial charge in [0, 0.05) is 24.7 Å². The van der Waals surface area contributed by atoms with Gasteiger partial charge in [-0.2, -0.15) is 0 Å². The van der Waals surface area contributed by atoms with Crippen molar-refractivity contribution in [2.45, 2.75) is 71.5 Å². The molecule has 1 unspecified atom stereocenters. The maximum Gasteiger partial charge on any atom is 0.224 e. The summed E-state index contributed by atoms with van der Waals surface area (Å²) in [5, 5.41) is 7.02. The first kappa shape index (κ1) is 19.4. The fourth-order valence-corrected chi connectivity index (χ4v) is 4.24. The fraction of sp³-hybridized carbons (Fsp3) is 0.800. The second-order valence-electron chi connectivity index (χ2n) is 8.05. The number of aryl methyl sites for hydroxylation is 1. The molecule has 0 aliphatic carbocycles. The van der Waals surface area contributed by atoms with E-state index in [1.54, 1.807) is 0 Å². The summed E-state index contributed by atoms with van der Waals surface area (Å²) in [6, 6.07) is 3.21. The van der Waals surface area contributed by atoms with Crippen LogP contribution >= 0.6 is 0 Å². The molecule has 1 N–H and O–H groups in total. The van der Waals surface area contributed by atoms with Crippen LogP contribution in [-0.4, -0.2) is 59.1 Å². The Morgan fingerprint density at radius 1 is 1.31 bits per heavy atom. The number of nitrogens with zero attached hydrogens (tertiary/aromatic N) is 3. The maximum atomic E-state index is 12.6. The summed E-state index contributed by atoms with van der Waals surface area (Å²) in [6.07, 6.45) is 5.41. The van der Waals surface area contributed by atoms with E-state index >= 15 is 0 Å². The summed E-state index contributed by atoms with van der Waals surface area (Å²) >= 11 is 0.